The summed E-state index contributed by atoms with van der Waals surface area (Å²) in [6, 6.07) is 0.820. The van der Waals surface area contributed by atoms with Crippen molar-refractivity contribution in [2.24, 2.45) is 0 Å². The van der Waals surface area contributed by atoms with Gasteiger partial charge in [-0.3, -0.25) is 0 Å². The van der Waals surface area contributed by atoms with E-state index in [4.69, 9.17) is 15.2 Å². The number of nitrogens with two attached hydrogens (primary N) is 1. The van der Waals surface area contributed by atoms with Crippen molar-refractivity contribution in [1.82, 2.24) is 15.0 Å². The molecule has 0 saturated heterocycles. The van der Waals surface area contributed by atoms with Crippen LogP contribution in [-0.4, -0.2) is 28.2 Å². The van der Waals surface area contributed by atoms with E-state index in [1.165, 1.54) is 19.3 Å². The Kier molecular flexibility index (Phi) is 3.10. The van der Waals surface area contributed by atoms with E-state index in [2.05, 4.69) is 19.9 Å². The van der Waals surface area contributed by atoms with Crippen LogP contribution in [0.4, 0.5) is 5.82 Å². The summed E-state index contributed by atoms with van der Waals surface area (Å²) in [5.74, 6) is 0.357. The topological polar surface area (TPSA) is 100 Å². The Bertz CT molecular complexity index is 577. The number of ether oxygens (including phenoxy) is 2. The van der Waals surface area contributed by atoms with E-state index in [9.17, 15) is 0 Å². The highest BCUT2D eigenvalue weighted by Gasteiger charge is 2.22. The van der Waals surface area contributed by atoms with Crippen molar-refractivity contribution in [3.8, 4) is 12.0 Å². The molecule has 0 atom stereocenters. The van der Waals surface area contributed by atoms with Gasteiger partial charge in [-0.15, -0.1) is 0 Å². The van der Waals surface area contributed by atoms with Crippen molar-refractivity contribution in [3.05, 3.63) is 0 Å². The molecule has 2 heterocycles. The first-order valence-electron chi connectivity index (χ1n) is 6.55. The van der Waals surface area contributed by atoms with Gasteiger partial charge < -0.3 is 15.2 Å². The Morgan fingerprint density at radius 3 is 2.79 bits per heavy atom. The minimum absolute atomic E-state index is 0.200. The Morgan fingerprint density at radius 1 is 1.26 bits per heavy atom. The minimum atomic E-state index is 0.200. The lowest BCUT2D eigenvalue weighted by Crippen LogP contribution is -2.21. The molecule has 7 nitrogen and oxygen atoms in total. The summed E-state index contributed by atoms with van der Waals surface area (Å²) >= 11 is 0. The molecule has 0 aromatic carbocycles. The van der Waals surface area contributed by atoms with Gasteiger partial charge in [0, 0.05) is 0 Å². The summed E-state index contributed by atoms with van der Waals surface area (Å²) in [6.45, 7) is 0. The summed E-state index contributed by atoms with van der Waals surface area (Å²) in [5, 5.41) is 0. The number of rotatable bonds is 3. The normalized spacial score (nSPS) is 16.7. The van der Waals surface area contributed by atoms with Crippen LogP contribution >= 0.6 is 0 Å². The van der Waals surface area contributed by atoms with Crippen molar-refractivity contribution in [1.29, 1.82) is 0 Å². The van der Waals surface area contributed by atoms with Crippen molar-refractivity contribution in [2.45, 2.75) is 38.2 Å². The summed E-state index contributed by atoms with van der Waals surface area (Å²) < 4.78 is 10.9. The molecule has 4 N–H and O–H groups in total. The van der Waals surface area contributed by atoms with Crippen LogP contribution in [0.2, 0.25) is 0 Å². The number of imidazole rings is 1. The van der Waals surface area contributed by atoms with E-state index >= 15 is 0 Å². The van der Waals surface area contributed by atoms with E-state index in [0.29, 0.717) is 29.0 Å². The third-order valence-electron chi connectivity index (χ3n) is 3.42. The fourth-order valence-electron chi connectivity index (χ4n) is 2.41. The molecular formula is C12H18N5O2+. The molecule has 1 aliphatic rings. The molecule has 7 heteroatoms. The number of nitrogens with zero attached hydrogens (tertiary/aromatic N) is 2. The van der Waals surface area contributed by atoms with Gasteiger partial charge >= 0.3 is 17.7 Å². The second-order valence-electron chi connectivity index (χ2n) is 4.78. The number of aromatic amines is 2. The maximum absolute atomic E-state index is 5.89. The number of hydrogen-bond donors (Lipinski definition) is 2. The van der Waals surface area contributed by atoms with Gasteiger partial charge in [-0.1, -0.05) is 6.42 Å². The van der Waals surface area contributed by atoms with Gasteiger partial charge in [0.25, 0.3) is 0 Å². The van der Waals surface area contributed by atoms with Crippen LogP contribution in [0, 0.1) is 0 Å². The molecule has 102 valence electrons. The van der Waals surface area contributed by atoms with Crippen molar-refractivity contribution < 1.29 is 14.5 Å². The van der Waals surface area contributed by atoms with Crippen LogP contribution in [0.5, 0.6) is 12.0 Å². The SMILES string of the molecule is COc1[nH]c2c(N)nc(OC3CCCCC3)nc2[nH+]1. The van der Waals surface area contributed by atoms with E-state index in [1.54, 1.807) is 7.11 Å². The predicted molar refractivity (Wildman–Crippen MR) is 68.9 cm³/mol. The maximum Gasteiger partial charge on any atom is 0.397 e. The van der Waals surface area contributed by atoms with Gasteiger partial charge in [-0.05, 0) is 30.7 Å². The minimum Gasteiger partial charge on any atom is -0.448 e. The van der Waals surface area contributed by atoms with E-state index in [-0.39, 0.29) is 6.10 Å². The third-order valence-corrected chi connectivity index (χ3v) is 3.42. The second kappa shape index (κ2) is 4.91. The molecule has 0 amide bonds. The van der Waals surface area contributed by atoms with Crippen LogP contribution in [-0.2, 0) is 0 Å². The summed E-state index contributed by atoms with van der Waals surface area (Å²) in [7, 11) is 1.56. The van der Waals surface area contributed by atoms with E-state index in [1.807, 2.05) is 0 Å². The number of methoxy groups -OCH3 is 1. The number of hydrogen-bond acceptors (Lipinski definition) is 5. The number of aromatic nitrogens is 4. The lowest BCUT2D eigenvalue weighted by molar-refractivity contribution is -0.364. The molecule has 1 saturated carbocycles. The first-order valence-corrected chi connectivity index (χ1v) is 6.55. The lowest BCUT2D eigenvalue weighted by Gasteiger charge is -2.20. The van der Waals surface area contributed by atoms with Gasteiger partial charge in [0.05, 0.1) is 7.11 Å². The van der Waals surface area contributed by atoms with Crippen molar-refractivity contribution in [2.75, 3.05) is 12.8 Å². The fourth-order valence-corrected chi connectivity index (χ4v) is 2.41. The van der Waals surface area contributed by atoms with Gasteiger partial charge in [0.1, 0.15) is 6.10 Å². The molecule has 0 aliphatic heterocycles. The Balaban J connectivity index is 1.87. The highest BCUT2D eigenvalue weighted by atomic mass is 16.5. The van der Waals surface area contributed by atoms with Gasteiger partial charge in [0.2, 0.25) is 5.52 Å². The third kappa shape index (κ3) is 2.40. The first-order chi connectivity index (χ1) is 9.26. The fraction of sp³-hybridized carbons (Fsp3) is 0.583. The van der Waals surface area contributed by atoms with Crippen LogP contribution in [0.25, 0.3) is 11.2 Å². The summed E-state index contributed by atoms with van der Waals surface area (Å²) in [4.78, 5) is 14.4. The van der Waals surface area contributed by atoms with Crippen LogP contribution in [0.15, 0.2) is 0 Å². The zero-order valence-electron chi connectivity index (χ0n) is 10.9. The molecule has 0 bridgehead atoms. The Hall–Kier alpha value is -2.05. The van der Waals surface area contributed by atoms with Gasteiger partial charge in [-0.25, -0.2) is 9.97 Å². The molecule has 2 aromatic rings. The zero-order chi connectivity index (χ0) is 13.2. The molecule has 0 unspecified atom stereocenters. The average Bonchev–Trinajstić information content (AvgIpc) is 2.83. The van der Waals surface area contributed by atoms with Crippen molar-refractivity contribution >= 4 is 17.0 Å². The summed E-state index contributed by atoms with van der Waals surface area (Å²) in [5.41, 5.74) is 7.12. The maximum atomic E-state index is 5.89. The van der Waals surface area contributed by atoms with Gasteiger partial charge in [0.15, 0.2) is 5.82 Å². The highest BCUT2D eigenvalue weighted by molar-refractivity contribution is 5.79. The Morgan fingerprint density at radius 2 is 2.05 bits per heavy atom. The predicted octanol–water partition coefficient (Wildman–Crippen LogP) is 1.07. The molecule has 2 aromatic heterocycles. The standard InChI is InChI=1S/C12H17N5O2/c1-18-11-14-8-9(13)15-12(17-10(8)16-11)19-7-5-3-2-4-6-7/h7H,2-6H2,1H3,(H3,13,14,15,16,17)/p+1. The first kappa shape index (κ1) is 12.0. The molecule has 0 spiro atoms. The van der Waals surface area contributed by atoms with Crippen LogP contribution in [0.3, 0.4) is 0 Å². The summed E-state index contributed by atoms with van der Waals surface area (Å²) in [6.07, 6.45) is 6.00. The largest absolute Gasteiger partial charge is 0.448 e. The second-order valence-corrected chi connectivity index (χ2v) is 4.78. The monoisotopic (exact) mass is 264 g/mol. The number of fused-ring (bicyclic) bond motifs is 1. The number of anilines is 1. The number of H-pyrrole nitrogens is 2. The van der Waals surface area contributed by atoms with Crippen molar-refractivity contribution in [3.63, 3.8) is 0 Å². The number of nitrogens with one attached hydrogen (secondary N) is 2. The van der Waals surface area contributed by atoms with E-state index < -0.39 is 0 Å². The van der Waals surface area contributed by atoms with Gasteiger partial charge in [-0.2, -0.15) is 4.98 Å². The Labute approximate surface area is 110 Å². The molecule has 3 rings (SSSR count). The smallest absolute Gasteiger partial charge is 0.397 e. The molecule has 19 heavy (non-hydrogen) atoms. The highest BCUT2D eigenvalue weighted by Crippen LogP contribution is 2.23. The lowest BCUT2D eigenvalue weighted by atomic mass is 9.98. The van der Waals surface area contributed by atoms with E-state index in [0.717, 1.165) is 12.8 Å². The quantitative estimate of drug-likeness (QED) is 0.863. The zero-order valence-corrected chi connectivity index (χ0v) is 10.9. The molecule has 1 aliphatic carbocycles. The average molecular weight is 264 g/mol. The molecule has 0 radical (unpaired) electrons. The van der Waals surface area contributed by atoms with Crippen LogP contribution < -0.4 is 20.2 Å². The van der Waals surface area contributed by atoms with Crippen LogP contribution in [0.1, 0.15) is 32.1 Å². The molecular weight excluding hydrogens is 246 g/mol. The molecule has 1 fully saturated rings. The number of nitrogen functional groups attached to an aromatic ring is 1.